The van der Waals surface area contributed by atoms with Crippen molar-refractivity contribution in [1.29, 1.82) is 0 Å². The van der Waals surface area contributed by atoms with E-state index in [-0.39, 0.29) is 10.5 Å². The fourth-order valence-electron chi connectivity index (χ4n) is 1.42. The number of sulfone groups is 1. The van der Waals surface area contributed by atoms with Crippen molar-refractivity contribution in [3.63, 3.8) is 0 Å². The maximum Gasteiger partial charge on any atom is 0.344 e. The minimum absolute atomic E-state index is 0.103. The van der Waals surface area contributed by atoms with Gasteiger partial charge in [-0.05, 0) is 45.0 Å². The van der Waals surface area contributed by atoms with Crippen LogP contribution in [0.2, 0.25) is 0 Å². The van der Waals surface area contributed by atoms with Gasteiger partial charge in [0.25, 0.3) is 0 Å². The monoisotopic (exact) mass is 314 g/mol. The molecule has 0 N–H and O–H groups in total. The van der Waals surface area contributed by atoms with Crippen LogP contribution in [-0.4, -0.2) is 38.8 Å². The molecule has 1 aromatic rings. The van der Waals surface area contributed by atoms with Crippen LogP contribution in [0.1, 0.15) is 31.1 Å². The van der Waals surface area contributed by atoms with Crippen LogP contribution in [0.3, 0.4) is 0 Å². The molecule has 0 aliphatic carbocycles. The molecule has 0 spiro atoms. The molecular formula is C14H18O6S. The van der Waals surface area contributed by atoms with Crippen LogP contribution in [0.4, 0.5) is 0 Å². The average molecular weight is 314 g/mol. The lowest BCUT2D eigenvalue weighted by Gasteiger charge is -2.19. The largest absolute Gasteiger partial charge is 0.457 e. The Bertz CT molecular complexity index is 622. The maximum atomic E-state index is 11.7. The fraction of sp³-hybridized carbons (Fsp3) is 0.429. The standard InChI is InChI=1S/C14H18O6S/c1-14(2,3)20-12(15)9-19-13(16)10-5-7-11(8-6-10)21(4,17)18/h5-8H,9H2,1-4H3. The third-order valence-electron chi connectivity index (χ3n) is 2.26. The van der Waals surface area contributed by atoms with E-state index in [0.29, 0.717) is 0 Å². The van der Waals surface area contributed by atoms with Crippen molar-refractivity contribution in [3.8, 4) is 0 Å². The molecule has 0 aliphatic heterocycles. The van der Waals surface area contributed by atoms with Gasteiger partial charge in [-0.25, -0.2) is 18.0 Å². The lowest BCUT2D eigenvalue weighted by Crippen LogP contribution is -2.27. The molecule has 0 atom stereocenters. The van der Waals surface area contributed by atoms with Crippen molar-refractivity contribution in [2.24, 2.45) is 0 Å². The summed E-state index contributed by atoms with van der Waals surface area (Å²) in [5.74, 6) is -1.37. The number of carbonyl (C=O) groups excluding carboxylic acids is 2. The predicted molar refractivity (Wildman–Crippen MR) is 75.7 cm³/mol. The molecule has 1 rings (SSSR count). The van der Waals surface area contributed by atoms with Crippen molar-refractivity contribution in [1.82, 2.24) is 0 Å². The summed E-state index contributed by atoms with van der Waals surface area (Å²) in [6, 6.07) is 5.26. The second-order valence-corrected chi connectivity index (χ2v) is 7.47. The first-order chi connectivity index (χ1) is 9.49. The Labute approximate surface area is 124 Å². The molecule has 116 valence electrons. The van der Waals surface area contributed by atoms with E-state index < -0.39 is 34.0 Å². The van der Waals surface area contributed by atoms with Gasteiger partial charge in [0, 0.05) is 6.26 Å². The lowest BCUT2D eigenvalue weighted by atomic mass is 10.2. The molecule has 0 aliphatic rings. The minimum atomic E-state index is -3.32. The second-order valence-electron chi connectivity index (χ2n) is 5.46. The smallest absolute Gasteiger partial charge is 0.344 e. The van der Waals surface area contributed by atoms with Gasteiger partial charge in [0.05, 0.1) is 10.5 Å². The summed E-state index contributed by atoms with van der Waals surface area (Å²) in [5.41, 5.74) is -0.494. The SMILES string of the molecule is CC(C)(C)OC(=O)COC(=O)c1ccc(S(C)(=O)=O)cc1. The van der Waals surface area contributed by atoms with Gasteiger partial charge in [-0.1, -0.05) is 0 Å². The normalized spacial score (nSPS) is 11.8. The van der Waals surface area contributed by atoms with Crippen molar-refractivity contribution >= 4 is 21.8 Å². The Morgan fingerprint density at radius 2 is 1.62 bits per heavy atom. The molecule has 1 aromatic carbocycles. The molecule has 7 heteroatoms. The quantitative estimate of drug-likeness (QED) is 0.784. The van der Waals surface area contributed by atoms with Crippen LogP contribution in [-0.2, 0) is 24.1 Å². The van der Waals surface area contributed by atoms with Gasteiger partial charge in [-0.15, -0.1) is 0 Å². The predicted octanol–water partition coefficient (Wildman–Crippen LogP) is 1.59. The molecule has 0 unspecified atom stereocenters. The van der Waals surface area contributed by atoms with Gasteiger partial charge in [0.1, 0.15) is 5.60 Å². The fourth-order valence-corrected chi connectivity index (χ4v) is 2.05. The molecular weight excluding hydrogens is 296 g/mol. The zero-order valence-corrected chi connectivity index (χ0v) is 13.2. The summed E-state index contributed by atoms with van der Waals surface area (Å²) in [6.07, 6.45) is 1.07. The highest BCUT2D eigenvalue weighted by atomic mass is 32.2. The zero-order valence-electron chi connectivity index (χ0n) is 12.4. The zero-order chi connectivity index (χ0) is 16.3. The topological polar surface area (TPSA) is 86.7 Å². The van der Waals surface area contributed by atoms with Crippen LogP contribution in [0, 0.1) is 0 Å². The molecule has 0 saturated carbocycles. The van der Waals surface area contributed by atoms with Crippen molar-refractivity contribution < 1.29 is 27.5 Å². The van der Waals surface area contributed by atoms with E-state index in [1.165, 1.54) is 24.3 Å². The number of hydrogen-bond donors (Lipinski definition) is 0. The number of ether oxygens (including phenoxy) is 2. The molecule has 0 bridgehead atoms. The van der Waals surface area contributed by atoms with Crippen LogP contribution in [0.15, 0.2) is 29.2 Å². The summed E-state index contributed by atoms with van der Waals surface area (Å²) in [7, 11) is -3.32. The highest BCUT2D eigenvalue weighted by Crippen LogP contribution is 2.11. The lowest BCUT2D eigenvalue weighted by molar-refractivity contribution is -0.158. The third-order valence-corrected chi connectivity index (χ3v) is 3.39. The Kier molecular flexibility index (Phi) is 5.11. The summed E-state index contributed by atoms with van der Waals surface area (Å²) in [4.78, 5) is 23.2. The Hall–Kier alpha value is -1.89. The molecule has 21 heavy (non-hydrogen) atoms. The van der Waals surface area contributed by atoms with E-state index >= 15 is 0 Å². The molecule has 0 radical (unpaired) electrons. The Morgan fingerprint density at radius 1 is 1.10 bits per heavy atom. The molecule has 0 heterocycles. The van der Waals surface area contributed by atoms with Crippen molar-refractivity contribution in [2.45, 2.75) is 31.3 Å². The summed E-state index contributed by atoms with van der Waals surface area (Å²) in [5, 5.41) is 0. The number of esters is 2. The minimum Gasteiger partial charge on any atom is -0.457 e. The van der Waals surface area contributed by atoms with E-state index in [2.05, 4.69) is 0 Å². The van der Waals surface area contributed by atoms with Gasteiger partial charge < -0.3 is 9.47 Å². The first kappa shape index (κ1) is 17.2. The Balaban J connectivity index is 2.63. The first-order valence-corrected chi connectivity index (χ1v) is 8.07. The molecule has 0 saturated heterocycles. The highest BCUT2D eigenvalue weighted by Gasteiger charge is 2.18. The van der Waals surface area contributed by atoms with Gasteiger partial charge in [-0.2, -0.15) is 0 Å². The summed E-state index contributed by atoms with van der Waals surface area (Å²) < 4.78 is 32.4. The number of rotatable bonds is 4. The second kappa shape index (κ2) is 6.26. The number of hydrogen-bond acceptors (Lipinski definition) is 6. The molecule has 0 amide bonds. The van der Waals surface area contributed by atoms with Crippen molar-refractivity contribution in [3.05, 3.63) is 29.8 Å². The van der Waals surface area contributed by atoms with Gasteiger partial charge in [-0.3, -0.25) is 0 Å². The van der Waals surface area contributed by atoms with Crippen LogP contribution in [0.25, 0.3) is 0 Å². The first-order valence-electron chi connectivity index (χ1n) is 6.18. The van der Waals surface area contributed by atoms with Crippen molar-refractivity contribution in [2.75, 3.05) is 12.9 Å². The van der Waals surface area contributed by atoms with Crippen LogP contribution >= 0.6 is 0 Å². The summed E-state index contributed by atoms with van der Waals surface area (Å²) in [6.45, 7) is 4.62. The summed E-state index contributed by atoms with van der Waals surface area (Å²) >= 11 is 0. The average Bonchev–Trinajstić information content (AvgIpc) is 2.33. The molecule has 0 fully saturated rings. The van der Waals surface area contributed by atoms with Gasteiger partial charge >= 0.3 is 11.9 Å². The van der Waals surface area contributed by atoms with Gasteiger partial charge in [0.2, 0.25) is 0 Å². The highest BCUT2D eigenvalue weighted by molar-refractivity contribution is 7.90. The van der Waals surface area contributed by atoms with E-state index in [1.54, 1.807) is 20.8 Å². The van der Waals surface area contributed by atoms with E-state index in [9.17, 15) is 18.0 Å². The number of benzene rings is 1. The number of carbonyl (C=O) groups is 2. The van der Waals surface area contributed by atoms with Crippen LogP contribution < -0.4 is 0 Å². The molecule has 0 aromatic heterocycles. The maximum absolute atomic E-state index is 11.7. The molecule has 6 nitrogen and oxygen atoms in total. The van der Waals surface area contributed by atoms with Crippen LogP contribution in [0.5, 0.6) is 0 Å². The third kappa shape index (κ3) is 5.95. The van der Waals surface area contributed by atoms with E-state index in [4.69, 9.17) is 9.47 Å². The van der Waals surface area contributed by atoms with Gasteiger partial charge in [0.15, 0.2) is 16.4 Å². The van der Waals surface area contributed by atoms with E-state index in [0.717, 1.165) is 6.26 Å². The Morgan fingerprint density at radius 3 is 2.05 bits per heavy atom. The van der Waals surface area contributed by atoms with E-state index in [1.807, 2.05) is 0 Å².